The van der Waals surface area contributed by atoms with Crippen molar-refractivity contribution in [3.63, 3.8) is 0 Å². The summed E-state index contributed by atoms with van der Waals surface area (Å²) in [6, 6.07) is 11.7. The highest BCUT2D eigenvalue weighted by Gasteiger charge is 2.14. The van der Waals surface area contributed by atoms with Crippen molar-refractivity contribution in [1.29, 1.82) is 0 Å². The van der Waals surface area contributed by atoms with E-state index in [2.05, 4.69) is 22.4 Å². The Morgan fingerprint density at radius 3 is 2.48 bits per heavy atom. The Morgan fingerprint density at radius 2 is 1.81 bits per heavy atom. The zero-order valence-corrected chi connectivity index (χ0v) is 16.0. The number of amides is 1. The van der Waals surface area contributed by atoms with Crippen LogP contribution in [-0.2, 0) is 0 Å². The van der Waals surface area contributed by atoms with Gasteiger partial charge in [0.25, 0.3) is 5.91 Å². The fourth-order valence-electron chi connectivity index (χ4n) is 2.27. The van der Waals surface area contributed by atoms with Crippen LogP contribution in [0.3, 0.4) is 0 Å². The molecule has 0 saturated carbocycles. The Kier molecular flexibility index (Phi) is 6.32. The first kappa shape index (κ1) is 19.2. The number of ether oxygens (including phenoxy) is 1. The van der Waals surface area contributed by atoms with Crippen LogP contribution in [0.1, 0.15) is 30.1 Å². The van der Waals surface area contributed by atoms with Gasteiger partial charge in [0.15, 0.2) is 0 Å². The molecular weight excluding hydrogens is 389 g/mol. The average molecular weight is 406 g/mol. The fraction of sp³-hybridized carbons (Fsp3) is 0.211. The van der Waals surface area contributed by atoms with Crippen molar-refractivity contribution in [3.05, 3.63) is 58.1 Å². The molecule has 3 rings (SSSR count). The predicted molar refractivity (Wildman–Crippen MR) is 105 cm³/mol. The van der Waals surface area contributed by atoms with E-state index in [4.69, 9.17) is 32.4 Å². The fourth-order valence-corrected chi connectivity index (χ4v) is 2.80. The lowest BCUT2D eigenvalue weighted by atomic mass is 10.2. The number of benzene rings is 2. The summed E-state index contributed by atoms with van der Waals surface area (Å²) in [5, 5.41) is 11.2. The highest BCUT2D eigenvalue weighted by molar-refractivity contribution is 6.35. The molecule has 6 nitrogen and oxygen atoms in total. The molecule has 0 spiro atoms. The molecule has 1 amide bonds. The van der Waals surface area contributed by atoms with Gasteiger partial charge < -0.3 is 9.15 Å². The summed E-state index contributed by atoms with van der Waals surface area (Å²) in [5.74, 6) is 0.557. The normalized spacial score (nSPS) is 10.6. The lowest BCUT2D eigenvalue weighted by Gasteiger charge is -2.06. The first-order chi connectivity index (χ1) is 13.0. The zero-order valence-electron chi connectivity index (χ0n) is 14.5. The van der Waals surface area contributed by atoms with Crippen LogP contribution in [0.15, 0.2) is 46.9 Å². The van der Waals surface area contributed by atoms with E-state index >= 15 is 0 Å². The smallest absolute Gasteiger partial charge is 0.322 e. The molecule has 0 radical (unpaired) electrons. The number of hydrogen-bond acceptors (Lipinski definition) is 5. The second-order valence-electron chi connectivity index (χ2n) is 5.75. The third-order valence-corrected chi connectivity index (χ3v) is 4.07. The summed E-state index contributed by atoms with van der Waals surface area (Å²) in [7, 11) is 0. The number of rotatable bonds is 7. The molecule has 0 saturated heterocycles. The van der Waals surface area contributed by atoms with Crippen molar-refractivity contribution in [1.82, 2.24) is 10.2 Å². The number of anilines is 1. The molecule has 0 fully saturated rings. The molecule has 0 unspecified atom stereocenters. The molecule has 0 aliphatic carbocycles. The molecule has 3 aromatic rings. The number of nitrogens with one attached hydrogen (secondary N) is 1. The molecule has 27 heavy (non-hydrogen) atoms. The van der Waals surface area contributed by atoms with E-state index in [1.807, 2.05) is 0 Å². The maximum absolute atomic E-state index is 12.3. The van der Waals surface area contributed by atoms with E-state index in [9.17, 15) is 4.79 Å². The van der Waals surface area contributed by atoms with E-state index < -0.39 is 0 Å². The second-order valence-corrected chi connectivity index (χ2v) is 6.62. The highest BCUT2D eigenvalue weighted by Crippen LogP contribution is 2.27. The SMILES string of the molecule is CCCCOc1ccc(C(=O)Nc2nnc(-c3cc(Cl)cc(Cl)c3)o2)cc1. The number of carbonyl (C=O) groups is 1. The molecule has 0 atom stereocenters. The molecule has 140 valence electrons. The van der Waals surface area contributed by atoms with Crippen LogP contribution in [0.4, 0.5) is 6.01 Å². The summed E-state index contributed by atoms with van der Waals surface area (Å²) in [6.07, 6.45) is 2.05. The first-order valence-electron chi connectivity index (χ1n) is 8.39. The van der Waals surface area contributed by atoms with Crippen LogP contribution in [0.5, 0.6) is 5.75 Å². The highest BCUT2D eigenvalue weighted by atomic mass is 35.5. The van der Waals surface area contributed by atoms with Crippen molar-refractivity contribution in [2.75, 3.05) is 11.9 Å². The van der Waals surface area contributed by atoms with Crippen molar-refractivity contribution in [2.45, 2.75) is 19.8 Å². The Labute approximate surface area is 166 Å². The van der Waals surface area contributed by atoms with Gasteiger partial charge in [0.2, 0.25) is 5.89 Å². The minimum atomic E-state index is -0.366. The molecule has 0 bridgehead atoms. The van der Waals surface area contributed by atoms with E-state index in [-0.39, 0.29) is 17.8 Å². The van der Waals surface area contributed by atoms with E-state index in [1.54, 1.807) is 42.5 Å². The number of nitrogens with zero attached hydrogens (tertiary/aromatic N) is 2. The van der Waals surface area contributed by atoms with Gasteiger partial charge in [-0.3, -0.25) is 10.1 Å². The third kappa shape index (κ3) is 5.21. The Balaban J connectivity index is 1.65. The zero-order chi connectivity index (χ0) is 19.2. The molecule has 1 aromatic heterocycles. The quantitative estimate of drug-likeness (QED) is 0.526. The van der Waals surface area contributed by atoms with Crippen LogP contribution in [-0.4, -0.2) is 22.7 Å². The second kappa shape index (κ2) is 8.88. The van der Waals surface area contributed by atoms with Gasteiger partial charge in [0, 0.05) is 21.2 Å². The first-order valence-corrected chi connectivity index (χ1v) is 9.15. The Bertz CT molecular complexity index is 906. The third-order valence-electron chi connectivity index (χ3n) is 3.64. The molecular formula is C19H17Cl2N3O3. The van der Waals surface area contributed by atoms with E-state index in [0.29, 0.717) is 27.8 Å². The standard InChI is InChI=1S/C19H17Cl2N3O3/c1-2-3-8-26-16-6-4-12(5-7-16)17(25)22-19-24-23-18(27-19)13-9-14(20)11-15(21)10-13/h4-7,9-11H,2-3,8H2,1H3,(H,22,24,25). The minimum absolute atomic E-state index is 0.0191. The summed E-state index contributed by atoms with van der Waals surface area (Å²) in [6.45, 7) is 2.75. The van der Waals surface area contributed by atoms with Crippen LogP contribution in [0, 0.1) is 0 Å². The molecule has 8 heteroatoms. The van der Waals surface area contributed by atoms with E-state index in [0.717, 1.165) is 18.6 Å². The lowest BCUT2D eigenvalue weighted by molar-refractivity contribution is 0.102. The minimum Gasteiger partial charge on any atom is -0.494 e. The van der Waals surface area contributed by atoms with Gasteiger partial charge in [0.05, 0.1) is 6.61 Å². The molecule has 0 aliphatic rings. The van der Waals surface area contributed by atoms with Crippen LogP contribution >= 0.6 is 23.2 Å². The van der Waals surface area contributed by atoms with Gasteiger partial charge in [-0.25, -0.2) is 0 Å². The van der Waals surface area contributed by atoms with Crippen molar-refractivity contribution in [2.24, 2.45) is 0 Å². The Morgan fingerprint density at radius 1 is 1.11 bits per heavy atom. The van der Waals surface area contributed by atoms with Gasteiger partial charge >= 0.3 is 6.01 Å². The van der Waals surface area contributed by atoms with Gasteiger partial charge in [0.1, 0.15) is 5.75 Å². The van der Waals surface area contributed by atoms with Crippen molar-refractivity contribution >= 4 is 35.1 Å². The number of halogens is 2. The summed E-state index contributed by atoms with van der Waals surface area (Å²) >= 11 is 11.9. The van der Waals surface area contributed by atoms with Crippen LogP contribution in [0.2, 0.25) is 10.0 Å². The molecule has 1 N–H and O–H groups in total. The predicted octanol–water partition coefficient (Wildman–Crippen LogP) is 5.47. The van der Waals surface area contributed by atoms with Gasteiger partial charge in [-0.1, -0.05) is 41.6 Å². The van der Waals surface area contributed by atoms with Gasteiger partial charge in [-0.15, -0.1) is 5.10 Å². The maximum atomic E-state index is 12.3. The van der Waals surface area contributed by atoms with Crippen LogP contribution in [0.25, 0.3) is 11.5 Å². The lowest BCUT2D eigenvalue weighted by Crippen LogP contribution is -2.12. The van der Waals surface area contributed by atoms with Gasteiger partial charge in [-0.05, 0) is 48.9 Å². The van der Waals surface area contributed by atoms with Crippen LogP contribution < -0.4 is 10.1 Å². The van der Waals surface area contributed by atoms with Crippen molar-refractivity contribution in [3.8, 4) is 17.2 Å². The summed E-state index contributed by atoms with van der Waals surface area (Å²) < 4.78 is 11.0. The summed E-state index contributed by atoms with van der Waals surface area (Å²) in [5.41, 5.74) is 1.01. The molecule has 2 aromatic carbocycles. The van der Waals surface area contributed by atoms with Crippen molar-refractivity contribution < 1.29 is 13.9 Å². The average Bonchev–Trinajstić information content (AvgIpc) is 3.10. The van der Waals surface area contributed by atoms with Gasteiger partial charge in [-0.2, -0.15) is 0 Å². The largest absolute Gasteiger partial charge is 0.494 e. The number of carbonyl (C=O) groups excluding carboxylic acids is 1. The topological polar surface area (TPSA) is 77.2 Å². The number of hydrogen-bond donors (Lipinski definition) is 1. The monoisotopic (exact) mass is 405 g/mol. The summed E-state index contributed by atoms with van der Waals surface area (Å²) in [4.78, 5) is 12.3. The number of unbranched alkanes of at least 4 members (excludes halogenated alkanes) is 1. The number of aromatic nitrogens is 2. The maximum Gasteiger partial charge on any atom is 0.322 e. The Hall–Kier alpha value is -2.57. The van der Waals surface area contributed by atoms with E-state index in [1.165, 1.54) is 0 Å². The molecule has 0 aliphatic heterocycles. The molecule has 1 heterocycles.